The Morgan fingerprint density at radius 1 is 1.09 bits per heavy atom. The topological polar surface area (TPSA) is 90.4 Å². The molecule has 1 spiro atoms. The van der Waals surface area contributed by atoms with Gasteiger partial charge in [-0.25, -0.2) is 0 Å². The van der Waals surface area contributed by atoms with Crippen LogP contribution in [0.4, 0.5) is 11.4 Å². The predicted octanol–water partition coefficient (Wildman–Crippen LogP) is 4.61. The maximum atomic E-state index is 14.9. The maximum Gasteiger partial charge on any atom is 0.311 e. The van der Waals surface area contributed by atoms with E-state index in [4.69, 9.17) is 4.74 Å². The fourth-order valence-corrected chi connectivity index (χ4v) is 9.46. The maximum absolute atomic E-state index is 14.9. The van der Waals surface area contributed by atoms with Crippen LogP contribution in [0.5, 0.6) is 0 Å². The van der Waals surface area contributed by atoms with Crippen molar-refractivity contribution in [3.63, 3.8) is 0 Å². The summed E-state index contributed by atoms with van der Waals surface area (Å²) in [4.78, 5) is 48.3. The second-order valence-electron chi connectivity index (χ2n) is 11.3. The number of carbonyl (C=O) groups is 3. The lowest BCUT2D eigenvalue weighted by Crippen LogP contribution is -2.56. The summed E-state index contributed by atoms with van der Waals surface area (Å²) < 4.78 is 4.66. The molecule has 2 aromatic rings. The highest BCUT2D eigenvalue weighted by atomic mass is 32.2. The first-order valence-corrected chi connectivity index (χ1v) is 15.9. The van der Waals surface area contributed by atoms with Crippen molar-refractivity contribution in [1.82, 2.24) is 4.90 Å². The fourth-order valence-electron chi connectivity index (χ4n) is 7.27. The molecule has 0 saturated carbocycles. The molecule has 8 nitrogen and oxygen atoms in total. The monoisotopic (exact) mass is 603 g/mol. The molecule has 6 atom stereocenters. The Morgan fingerprint density at radius 3 is 2.37 bits per heavy atom. The van der Waals surface area contributed by atoms with E-state index in [2.05, 4.69) is 31.9 Å². The number of esters is 1. The molecule has 5 rings (SSSR count). The van der Waals surface area contributed by atoms with Gasteiger partial charge in [0.2, 0.25) is 5.91 Å². The Balaban J connectivity index is 1.59. The van der Waals surface area contributed by atoms with Crippen LogP contribution in [-0.4, -0.2) is 76.7 Å². The van der Waals surface area contributed by atoms with Crippen molar-refractivity contribution in [3.05, 3.63) is 85.5 Å². The summed E-state index contributed by atoms with van der Waals surface area (Å²) in [6.45, 7) is 13.5. The molecule has 43 heavy (non-hydrogen) atoms. The van der Waals surface area contributed by atoms with Gasteiger partial charge in [-0.15, -0.1) is 18.3 Å². The quantitative estimate of drug-likeness (QED) is 0.264. The number of amides is 2. The minimum Gasteiger partial charge on any atom is -0.461 e. The highest BCUT2D eigenvalue weighted by molar-refractivity contribution is 8.02. The van der Waals surface area contributed by atoms with E-state index in [1.54, 1.807) is 27.6 Å². The second kappa shape index (κ2) is 13.0. The van der Waals surface area contributed by atoms with Crippen LogP contribution in [0.2, 0.25) is 0 Å². The van der Waals surface area contributed by atoms with E-state index in [9.17, 15) is 19.5 Å². The number of aliphatic hydroxyl groups excluding tert-OH is 1. The second-order valence-corrected chi connectivity index (χ2v) is 12.9. The lowest BCUT2D eigenvalue weighted by molar-refractivity contribution is -0.153. The highest BCUT2D eigenvalue weighted by Gasteiger charge is 2.75. The van der Waals surface area contributed by atoms with Gasteiger partial charge < -0.3 is 24.5 Å². The summed E-state index contributed by atoms with van der Waals surface area (Å²) >= 11 is 1.58. The molecule has 1 N–H and O–H groups in total. The molecule has 228 valence electrons. The van der Waals surface area contributed by atoms with Crippen molar-refractivity contribution in [2.75, 3.05) is 42.6 Å². The number of hydrogen-bond donors (Lipinski definition) is 1. The Bertz CT molecular complexity index is 1350. The number of hydrogen-bond acceptors (Lipinski definition) is 7. The standard InChI is InChI=1S/C34H41N3O5S/c1-5-20-36(25-16-14-24(15-17-25)35(7-3)8-4)32(40)30-34-19-18-27(43-34)28(33(41)42-21-6-2)29(34)31(39)37(30)26(22-38)23-12-10-9-11-13-23/h5-6,9-17,26-30,38H,1-2,7-8,18-22H2,3-4H3/t26-,27-,28+,29+,30?,34?/m1/s1. The number of benzene rings is 2. The Kier molecular flexibility index (Phi) is 9.32. The first kappa shape index (κ1) is 30.9. The van der Waals surface area contributed by atoms with Crippen molar-refractivity contribution in [2.24, 2.45) is 11.8 Å². The van der Waals surface area contributed by atoms with Crippen molar-refractivity contribution in [2.45, 2.75) is 48.8 Å². The molecule has 0 radical (unpaired) electrons. The first-order chi connectivity index (χ1) is 20.9. The molecule has 0 aliphatic carbocycles. The molecule has 2 bridgehead atoms. The summed E-state index contributed by atoms with van der Waals surface area (Å²) in [5.74, 6) is -2.35. The van der Waals surface area contributed by atoms with Crippen molar-refractivity contribution >= 4 is 40.9 Å². The summed E-state index contributed by atoms with van der Waals surface area (Å²) in [6, 6.07) is 15.5. The number of nitrogens with zero attached hydrogens (tertiary/aromatic N) is 3. The first-order valence-electron chi connectivity index (χ1n) is 15.1. The lowest BCUT2D eigenvalue weighted by atomic mass is 9.71. The average molecular weight is 604 g/mol. The number of ether oxygens (including phenoxy) is 1. The highest BCUT2D eigenvalue weighted by Crippen LogP contribution is 2.67. The normalized spacial score (nSPS) is 26.1. The molecule has 9 heteroatoms. The third kappa shape index (κ3) is 5.27. The van der Waals surface area contributed by atoms with Crippen LogP contribution in [0.15, 0.2) is 79.9 Å². The summed E-state index contributed by atoms with van der Waals surface area (Å²) in [7, 11) is 0. The Morgan fingerprint density at radius 2 is 1.77 bits per heavy atom. The Labute approximate surface area is 258 Å². The van der Waals surface area contributed by atoms with Gasteiger partial charge in [0.15, 0.2) is 0 Å². The van der Waals surface area contributed by atoms with Crippen LogP contribution >= 0.6 is 11.8 Å². The van der Waals surface area contributed by atoms with Gasteiger partial charge in [0.25, 0.3) is 5.91 Å². The van der Waals surface area contributed by atoms with Gasteiger partial charge in [-0.2, -0.15) is 0 Å². The molecular formula is C34H41N3O5S. The van der Waals surface area contributed by atoms with Crippen LogP contribution in [0.1, 0.15) is 38.3 Å². The SMILES string of the molecule is C=CCOC(=O)[C@@H]1[C@H]2C(=O)N([C@H](CO)c3ccccc3)C(C(=O)N(CC=C)c3ccc(N(CC)CC)cc3)C23CC[C@H]1S3. The van der Waals surface area contributed by atoms with E-state index in [1.807, 2.05) is 54.6 Å². The van der Waals surface area contributed by atoms with Crippen LogP contribution < -0.4 is 9.80 Å². The molecule has 3 fully saturated rings. The molecule has 2 unspecified atom stereocenters. The van der Waals surface area contributed by atoms with E-state index in [0.717, 1.165) is 24.3 Å². The Hall–Kier alpha value is -3.56. The van der Waals surface area contributed by atoms with Crippen LogP contribution in [-0.2, 0) is 19.1 Å². The zero-order chi connectivity index (χ0) is 30.7. The molecular weight excluding hydrogens is 562 g/mol. The summed E-state index contributed by atoms with van der Waals surface area (Å²) in [5.41, 5.74) is 2.50. The fraction of sp³-hybridized carbons (Fsp3) is 0.441. The van der Waals surface area contributed by atoms with Gasteiger partial charge in [0.05, 0.1) is 29.2 Å². The van der Waals surface area contributed by atoms with Gasteiger partial charge >= 0.3 is 5.97 Å². The van der Waals surface area contributed by atoms with Gasteiger partial charge in [-0.05, 0) is 56.5 Å². The largest absolute Gasteiger partial charge is 0.461 e. The van der Waals surface area contributed by atoms with Crippen molar-refractivity contribution < 1.29 is 24.2 Å². The summed E-state index contributed by atoms with van der Waals surface area (Å²) in [5, 5.41) is 10.6. The zero-order valence-corrected chi connectivity index (χ0v) is 25.7. The number of aliphatic hydroxyl groups is 1. The zero-order valence-electron chi connectivity index (χ0n) is 24.9. The molecule has 3 aliphatic heterocycles. The third-order valence-corrected chi connectivity index (χ3v) is 11.1. The van der Waals surface area contributed by atoms with Crippen LogP contribution in [0.3, 0.4) is 0 Å². The third-order valence-electron chi connectivity index (χ3n) is 9.15. The molecule has 2 amide bonds. The van der Waals surface area contributed by atoms with Gasteiger partial charge in [-0.1, -0.05) is 49.1 Å². The minimum absolute atomic E-state index is 0.0621. The number of anilines is 2. The van der Waals surface area contributed by atoms with E-state index in [1.165, 1.54) is 6.08 Å². The number of thioether (sulfide) groups is 1. The van der Waals surface area contributed by atoms with Crippen molar-refractivity contribution in [3.8, 4) is 0 Å². The van der Waals surface area contributed by atoms with E-state index >= 15 is 0 Å². The summed E-state index contributed by atoms with van der Waals surface area (Å²) in [6.07, 6.45) is 4.52. The average Bonchev–Trinajstić information content (AvgIpc) is 3.68. The molecule has 3 heterocycles. The number of fused-ring (bicyclic) bond motifs is 1. The number of likely N-dealkylation sites (tertiary alicyclic amines) is 1. The molecule has 3 aliphatic rings. The van der Waals surface area contributed by atoms with Gasteiger partial charge in [0, 0.05) is 36.3 Å². The molecule has 3 saturated heterocycles. The van der Waals surface area contributed by atoms with E-state index in [0.29, 0.717) is 18.5 Å². The van der Waals surface area contributed by atoms with E-state index in [-0.39, 0.29) is 36.8 Å². The number of rotatable bonds is 13. The van der Waals surface area contributed by atoms with Gasteiger partial charge in [-0.3, -0.25) is 14.4 Å². The van der Waals surface area contributed by atoms with Crippen molar-refractivity contribution in [1.29, 1.82) is 0 Å². The van der Waals surface area contributed by atoms with Crippen LogP contribution in [0.25, 0.3) is 0 Å². The number of carbonyl (C=O) groups excluding carboxylic acids is 3. The van der Waals surface area contributed by atoms with E-state index < -0.39 is 34.6 Å². The molecule has 0 aromatic heterocycles. The van der Waals surface area contributed by atoms with Gasteiger partial charge in [0.1, 0.15) is 12.6 Å². The smallest absolute Gasteiger partial charge is 0.311 e. The lowest BCUT2D eigenvalue weighted by Gasteiger charge is -2.39. The van der Waals surface area contributed by atoms with Crippen LogP contribution in [0, 0.1) is 11.8 Å². The predicted molar refractivity (Wildman–Crippen MR) is 171 cm³/mol. The minimum atomic E-state index is -0.892. The molecule has 2 aromatic carbocycles.